The van der Waals surface area contributed by atoms with Crippen molar-refractivity contribution in [3.05, 3.63) is 23.9 Å². The summed E-state index contributed by atoms with van der Waals surface area (Å²) in [5, 5.41) is 3.65. The Bertz CT molecular complexity index is 361. The van der Waals surface area contributed by atoms with E-state index in [-0.39, 0.29) is 0 Å². The minimum atomic E-state index is 0.484. The fourth-order valence-corrected chi connectivity index (χ4v) is 2.51. The van der Waals surface area contributed by atoms with Gasteiger partial charge in [0.05, 0.1) is 13.7 Å². The molecule has 0 aromatic carbocycles. The van der Waals surface area contributed by atoms with Gasteiger partial charge in [-0.1, -0.05) is 13.0 Å². The molecule has 1 saturated heterocycles. The molecule has 2 heterocycles. The van der Waals surface area contributed by atoms with E-state index in [1.807, 2.05) is 12.3 Å². The number of hydrogen-bond donors (Lipinski definition) is 1. The van der Waals surface area contributed by atoms with Crippen LogP contribution in [0.1, 0.15) is 25.3 Å². The minimum absolute atomic E-state index is 0.484. The SMILES string of the molecule is CCCNC(Cc1ccc(OC)nc1)C1CCOC1. The monoisotopic (exact) mass is 264 g/mol. The van der Waals surface area contributed by atoms with Crippen LogP contribution in [0.2, 0.25) is 0 Å². The van der Waals surface area contributed by atoms with Crippen LogP contribution in [0.3, 0.4) is 0 Å². The molecule has 0 radical (unpaired) electrons. The molecule has 4 heteroatoms. The largest absolute Gasteiger partial charge is 0.481 e. The Hall–Kier alpha value is -1.13. The first-order valence-corrected chi connectivity index (χ1v) is 7.13. The van der Waals surface area contributed by atoms with Crippen LogP contribution in [0.5, 0.6) is 5.88 Å². The van der Waals surface area contributed by atoms with Crippen molar-refractivity contribution in [2.75, 3.05) is 26.9 Å². The molecular weight excluding hydrogens is 240 g/mol. The molecule has 1 N–H and O–H groups in total. The first kappa shape index (κ1) is 14.3. The first-order valence-electron chi connectivity index (χ1n) is 7.13. The number of aromatic nitrogens is 1. The Morgan fingerprint density at radius 2 is 2.42 bits per heavy atom. The first-order chi connectivity index (χ1) is 9.33. The van der Waals surface area contributed by atoms with Crippen molar-refractivity contribution >= 4 is 0 Å². The van der Waals surface area contributed by atoms with E-state index in [1.54, 1.807) is 7.11 Å². The molecule has 0 saturated carbocycles. The van der Waals surface area contributed by atoms with Crippen molar-refractivity contribution in [2.45, 2.75) is 32.2 Å². The van der Waals surface area contributed by atoms with Gasteiger partial charge < -0.3 is 14.8 Å². The van der Waals surface area contributed by atoms with Crippen LogP contribution < -0.4 is 10.1 Å². The van der Waals surface area contributed by atoms with Gasteiger partial charge in [-0.05, 0) is 31.4 Å². The van der Waals surface area contributed by atoms with Gasteiger partial charge in [-0.15, -0.1) is 0 Å². The van der Waals surface area contributed by atoms with Crippen molar-refractivity contribution in [2.24, 2.45) is 5.92 Å². The quantitative estimate of drug-likeness (QED) is 0.818. The van der Waals surface area contributed by atoms with Gasteiger partial charge in [0.25, 0.3) is 0 Å². The zero-order chi connectivity index (χ0) is 13.5. The summed E-state index contributed by atoms with van der Waals surface area (Å²) in [4.78, 5) is 4.28. The minimum Gasteiger partial charge on any atom is -0.481 e. The van der Waals surface area contributed by atoms with Gasteiger partial charge >= 0.3 is 0 Å². The Labute approximate surface area is 115 Å². The normalized spacial score (nSPS) is 20.4. The maximum Gasteiger partial charge on any atom is 0.212 e. The van der Waals surface area contributed by atoms with E-state index < -0.39 is 0 Å². The smallest absolute Gasteiger partial charge is 0.212 e. The maximum atomic E-state index is 5.52. The second kappa shape index (κ2) is 7.46. The van der Waals surface area contributed by atoms with Gasteiger partial charge in [-0.25, -0.2) is 4.98 Å². The van der Waals surface area contributed by atoms with Crippen molar-refractivity contribution in [1.29, 1.82) is 0 Å². The highest BCUT2D eigenvalue weighted by Crippen LogP contribution is 2.20. The highest BCUT2D eigenvalue weighted by molar-refractivity contribution is 5.18. The van der Waals surface area contributed by atoms with E-state index >= 15 is 0 Å². The Kier molecular flexibility index (Phi) is 5.61. The van der Waals surface area contributed by atoms with E-state index in [9.17, 15) is 0 Å². The lowest BCUT2D eigenvalue weighted by Crippen LogP contribution is -2.38. The highest BCUT2D eigenvalue weighted by Gasteiger charge is 2.25. The molecule has 1 aliphatic heterocycles. The molecule has 19 heavy (non-hydrogen) atoms. The average Bonchev–Trinajstić information content (AvgIpc) is 2.98. The fraction of sp³-hybridized carbons (Fsp3) is 0.667. The van der Waals surface area contributed by atoms with Crippen molar-refractivity contribution in [3.8, 4) is 5.88 Å². The Morgan fingerprint density at radius 1 is 1.53 bits per heavy atom. The summed E-state index contributed by atoms with van der Waals surface area (Å²) in [5.41, 5.74) is 1.25. The van der Waals surface area contributed by atoms with Crippen LogP contribution in [0, 0.1) is 5.92 Å². The third kappa shape index (κ3) is 4.18. The lowest BCUT2D eigenvalue weighted by atomic mass is 9.93. The van der Waals surface area contributed by atoms with Crippen LogP contribution in [0.25, 0.3) is 0 Å². The molecule has 1 fully saturated rings. The summed E-state index contributed by atoms with van der Waals surface area (Å²) in [6.07, 6.45) is 5.23. The fourth-order valence-electron chi connectivity index (χ4n) is 2.51. The summed E-state index contributed by atoms with van der Waals surface area (Å²) >= 11 is 0. The number of hydrogen-bond acceptors (Lipinski definition) is 4. The van der Waals surface area contributed by atoms with Crippen LogP contribution in [-0.4, -0.2) is 37.9 Å². The summed E-state index contributed by atoms with van der Waals surface area (Å²) in [7, 11) is 1.64. The van der Waals surface area contributed by atoms with Crippen molar-refractivity contribution in [3.63, 3.8) is 0 Å². The van der Waals surface area contributed by atoms with Gasteiger partial charge in [0, 0.05) is 30.8 Å². The predicted octanol–water partition coefficient (Wildman–Crippen LogP) is 2.04. The molecule has 4 nitrogen and oxygen atoms in total. The van der Waals surface area contributed by atoms with E-state index in [1.165, 1.54) is 5.56 Å². The second-order valence-corrected chi connectivity index (χ2v) is 5.10. The van der Waals surface area contributed by atoms with Gasteiger partial charge in [-0.3, -0.25) is 0 Å². The van der Waals surface area contributed by atoms with Crippen LogP contribution in [-0.2, 0) is 11.2 Å². The number of nitrogens with one attached hydrogen (secondary N) is 1. The molecule has 0 aliphatic carbocycles. The van der Waals surface area contributed by atoms with Crippen molar-refractivity contribution < 1.29 is 9.47 Å². The van der Waals surface area contributed by atoms with Crippen LogP contribution in [0.4, 0.5) is 0 Å². The molecule has 1 aliphatic rings. The molecule has 0 spiro atoms. The summed E-state index contributed by atoms with van der Waals surface area (Å²) < 4.78 is 10.6. The molecule has 2 rings (SSSR count). The number of methoxy groups -OCH3 is 1. The molecule has 2 atom stereocenters. The standard InChI is InChI=1S/C15H24N2O2/c1-3-7-16-14(13-6-8-19-11-13)9-12-4-5-15(18-2)17-10-12/h4-5,10,13-14,16H,3,6-9,11H2,1-2H3. The second-order valence-electron chi connectivity index (χ2n) is 5.10. The third-order valence-corrected chi connectivity index (χ3v) is 3.65. The highest BCUT2D eigenvalue weighted by atomic mass is 16.5. The molecule has 2 unspecified atom stereocenters. The van der Waals surface area contributed by atoms with E-state index in [4.69, 9.17) is 9.47 Å². The van der Waals surface area contributed by atoms with E-state index in [2.05, 4.69) is 23.3 Å². The number of ether oxygens (including phenoxy) is 2. The van der Waals surface area contributed by atoms with Crippen molar-refractivity contribution in [1.82, 2.24) is 10.3 Å². The number of pyridine rings is 1. The van der Waals surface area contributed by atoms with Crippen LogP contribution >= 0.6 is 0 Å². The number of rotatable bonds is 7. The van der Waals surface area contributed by atoms with E-state index in [0.717, 1.165) is 39.0 Å². The van der Waals surface area contributed by atoms with Crippen LogP contribution in [0.15, 0.2) is 18.3 Å². The molecule has 1 aromatic rings. The zero-order valence-electron chi connectivity index (χ0n) is 11.9. The third-order valence-electron chi connectivity index (χ3n) is 3.65. The molecular formula is C15H24N2O2. The summed E-state index contributed by atoms with van der Waals surface area (Å²) in [6.45, 7) is 5.04. The average molecular weight is 264 g/mol. The molecule has 1 aromatic heterocycles. The van der Waals surface area contributed by atoms with Gasteiger partial charge in [-0.2, -0.15) is 0 Å². The van der Waals surface area contributed by atoms with E-state index in [0.29, 0.717) is 17.8 Å². The molecule has 0 bridgehead atoms. The lowest BCUT2D eigenvalue weighted by Gasteiger charge is -2.23. The van der Waals surface area contributed by atoms with Gasteiger partial charge in [0.2, 0.25) is 5.88 Å². The Morgan fingerprint density at radius 3 is 3.00 bits per heavy atom. The summed E-state index contributed by atoms with van der Waals surface area (Å²) in [6, 6.07) is 4.51. The number of nitrogens with zero attached hydrogens (tertiary/aromatic N) is 1. The van der Waals surface area contributed by atoms with Gasteiger partial charge in [0.15, 0.2) is 0 Å². The molecule has 106 valence electrons. The Balaban J connectivity index is 1.96. The summed E-state index contributed by atoms with van der Waals surface area (Å²) in [5.74, 6) is 1.29. The zero-order valence-corrected chi connectivity index (χ0v) is 11.9. The lowest BCUT2D eigenvalue weighted by molar-refractivity contribution is 0.176. The topological polar surface area (TPSA) is 43.4 Å². The maximum absolute atomic E-state index is 5.52. The molecule has 0 amide bonds. The predicted molar refractivity (Wildman–Crippen MR) is 75.5 cm³/mol. The van der Waals surface area contributed by atoms with Gasteiger partial charge in [0.1, 0.15) is 0 Å².